The largest absolute Gasteiger partial charge is 0.384 e. The van der Waals surface area contributed by atoms with Gasteiger partial charge in [0.15, 0.2) is 0 Å². The minimum atomic E-state index is 0.331. The van der Waals surface area contributed by atoms with Crippen LogP contribution in [0.4, 0.5) is 0 Å². The van der Waals surface area contributed by atoms with Crippen molar-refractivity contribution in [1.82, 2.24) is 0 Å². The van der Waals surface area contributed by atoms with Crippen molar-refractivity contribution in [3.63, 3.8) is 0 Å². The van der Waals surface area contributed by atoms with Crippen LogP contribution in [-0.2, 0) is 9.47 Å². The lowest BCUT2D eigenvalue weighted by Gasteiger charge is -2.14. The summed E-state index contributed by atoms with van der Waals surface area (Å²) in [6, 6.07) is 0.331. The van der Waals surface area contributed by atoms with E-state index in [1.54, 1.807) is 7.11 Å². The predicted octanol–water partition coefficient (Wildman–Crippen LogP) is 3.04. The second-order valence-corrected chi connectivity index (χ2v) is 4.39. The quantitative estimate of drug-likeness (QED) is 0.524. The molecule has 0 aromatic rings. The maximum atomic E-state index is 5.50. The van der Waals surface area contributed by atoms with Crippen molar-refractivity contribution >= 4 is 11.6 Å². The van der Waals surface area contributed by atoms with Gasteiger partial charge in [0.05, 0.1) is 6.61 Å². The molecule has 0 heterocycles. The number of rotatable bonds is 5. The van der Waals surface area contributed by atoms with Crippen LogP contribution in [0.15, 0.2) is 0 Å². The highest BCUT2D eigenvalue weighted by Crippen LogP contribution is 2.27. The molecule has 0 spiro atoms. The Kier molecular flexibility index (Phi) is 6.57. The monoisotopic (exact) mass is 220 g/mol. The first-order chi connectivity index (χ1) is 6.86. The fourth-order valence-electron chi connectivity index (χ4n) is 2.24. The zero-order valence-electron chi connectivity index (χ0n) is 9.01. The Morgan fingerprint density at radius 1 is 1.07 bits per heavy atom. The number of hydrogen-bond acceptors (Lipinski definition) is 2. The van der Waals surface area contributed by atoms with Crippen molar-refractivity contribution in [3.8, 4) is 0 Å². The molecule has 0 aliphatic heterocycles. The highest BCUT2D eigenvalue weighted by atomic mass is 35.5. The van der Waals surface area contributed by atoms with Gasteiger partial charge in [0.25, 0.3) is 0 Å². The first kappa shape index (κ1) is 12.3. The van der Waals surface area contributed by atoms with Crippen molar-refractivity contribution in [3.05, 3.63) is 0 Å². The molecular weight excluding hydrogens is 200 g/mol. The average molecular weight is 221 g/mol. The Morgan fingerprint density at radius 3 is 2.29 bits per heavy atom. The Bertz CT molecular complexity index is 141. The molecule has 0 N–H and O–H groups in total. The van der Waals surface area contributed by atoms with Crippen LogP contribution < -0.4 is 0 Å². The van der Waals surface area contributed by atoms with E-state index in [0.29, 0.717) is 6.07 Å². The Hall–Kier alpha value is 0.210. The van der Waals surface area contributed by atoms with Crippen LogP contribution >= 0.6 is 11.6 Å². The van der Waals surface area contributed by atoms with Crippen LogP contribution in [0.3, 0.4) is 0 Å². The van der Waals surface area contributed by atoms with Gasteiger partial charge in [0.2, 0.25) is 0 Å². The topological polar surface area (TPSA) is 18.5 Å². The van der Waals surface area contributed by atoms with E-state index in [1.165, 1.54) is 32.1 Å². The normalized spacial score (nSPS) is 28.7. The third-order valence-corrected chi connectivity index (χ3v) is 3.20. The third kappa shape index (κ3) is 4.63. The summed E-state index contributed by atoms with van der Waals surface area (Å²) < 4.78 is 10.5. The highest BCUT2D eigenvalue weighted by Gasteiger charge is 2.18. The molecule has 2 atom stereocenters. The van der Waals surface area contributed by atoms with Crippen LogP contribution in [0.5, 0.6) is 0 Å². The molecule has 1 rings (SSSR count). The van der Waals surface area contributed by atoms with E-state index >= 15 is 0 Å². The van der Waals surface area contributed by atoms with E-state index in [0.717, 1.165) is 25.0 Å². The molecule has 3 heteroatoms. The summed E-state index contributed by atoms with van der Waals surface area (Å²) in [5.74, 6) is 1.48. The summed E-state index contributed by atoms with van der Waals surface area (Å²) in [5.41, 5.74) is 0. The number of methoxy groups -OCH3 is 1. The number of alkyl halides is 1. The zero-order valence-corrected chi connectivity index (χ0v) is 9.76. The molecule has 14 heavy (non-hydrogen) atoms. The number of ether oxygens (including phenoxy) is 2. The highest BCUT2D eigenvalue weighted by molar-refractivity contribution is 6.17. The van der Waals surface area contributed by atoms with Gasteiger partial charge in [0.1, 0.15) is 6.07 Å². The van der Waals surface area contributed by atoms with E-state index in [2.05, 4.69) is 0 Å². The molecule has 0 aromatic carbocycles. The lowest BCUT2D eigenvalue weighted by atomic mass is 9.99. The van der Waals surface area contributed by atoms with Crippen molar-refractivity contribution in [2.75, 3.05) is 26.4 Å². The van der Waals surface area contributed by atoms with Gasteiger partial charge < -0.3 is 9.47 Å². The molecule has 1 aliphatic carbocycles. The summed E-state index contributed by atoms with van der Waals surface area (Å²) in [6.45, 7) is 1.76. The zero-order chi connectivity index (χ0) is 10.2. The van der Waals surface area contributed by atoms with E-state index in [-0.39, 0.29) is 0 Å². The van der Waals surface area contributed by atoms with Crippen molar-refractivity contribution in [2.24, 2.45) is 11.8 Å². The summed E-state index contributed by atoms with van der Waals surface area (Å²) in [6.07, 6.45) is 6.46. The molecule has 0 radical (unpaired) electrons. The van der Waals surface area contributed by atoms with Crippen LogP contribution in [0.25, 0.3) is 0 Å². The maximum Gasteiger partial charge on any atom is 0.120 e. The Labute approximate surface area is 91.9 Å². The third-order valence-electron chi connectivity index (χ3n) is 3.04. The Morgan fingerprint density at radius 2 is 1.71 bits per heavy atom. The second kappa shape index (κ2) is 7.49. The minimum absolute atomic E-state index is 0.331. The van der Waals surface area contributed by atoms with Gasteiger partial charge in [0, 0.05) is 13.7 Å². The van der Waals surface area contributed by atoms with Gasteiger partial charge in [-0.15, -0.1) is 0 Å². The van der Waals surface area contributed by atoms with Gasteiger partial charge in [-0.2, -0.15) is 0 Å². The van der Waals surface area contributed by atoms with E-state index in [4.69, 9.17) is 21.1 Å². The Balaban J connectivity index is 2.19. The lowest BCUT2D eigenvalue weighted by Crippen LogP contribution is -2.09. The van der Waals surface area contributed by atoms with E-state index in [9.17, 15) is 0 Å². The molecule has 0 saturated heterocycles. The maximum absolute atomic E-state index is 5.50. The van der Waals surface area contributed by atoms with Crippen LogP contribution in [-0.4, -0.2) is 26.4 Å². The molecular formula is C11H21ClO2. The molecule has 0 bridgehead atoms. The van der Waals surface area contributed by atoms with Crippen LogP contribution in [0.2, 0.25) is 0 Å². The van der Waals surface area contributed by atoms with E-state index in [1.807, 2.05) is 0 Å². The lowest BCUT2D eigenvalue weighted by molar-refractivity contribution is 0.123. The molecule has 2 unspecified atom stereocenters. The first-order valence-electron chi connectivity index (χ1n) is 5.49. The smallest absolute Gasteiger partial charge is 0.120 e. The van der Waals surface area contributed by atoms with E-state index < -0.39 is 0 Å². The summed E-state index contributed by atoms with van der Waals surface area (Å²) >= 11 is 5.50. The predicted molar refractivity (Wildman–Crippen MR) is 58.6 cm³/mol. The molecule has 2 nitrogen and oxygen atoms in total. The molecule has 84 valence electrons. The fraction of sp³-hybridized carbons (Fsp3) is 1.00. The molecule has 1 aliphatic rings. The van der Waals surface area contributed by atoms with Gasteiger partial charge in [-0.3, -0.25) is 0 Å². The summed E-state index contributed by atoms with van der Waals surface area (Å²) in [5, 5.41) is 0. The number of hydrogen-bond donors (Lipinski definition) is 0. The summed E-state index contributed by atoms with van der Waals surface area (Å²) in [7, 11) is 1.79. The average Bonchev–Trinajstić information content (AvgIpc) is 2.41. The summed E-state index contributed by atoms with van der Waals surface area (Å²) in [4.78, 5) is 0. The standard InChI is InChI=1S/C11H21ClO2/c1-13-7-10-3-2-4-11(6-5-10)8-14-9-12/h10-11H,2-9H2,1H3. The van der Waals surface area contributed by atoms with Crippen LogP contribution in [0.1, 0.15) is 32.1 Å². The van der Waals surface area contributed by atoms with Gasteiger partial charge >= 0.3 is 0 Å². The van der Waals surface area contributed by atoms with Crippen molar-refractivity contribution < 1.29 is 9.47 Å². The fourth-order valence-corrected chi connectivity index (χ4v) is 2.32. The molecule has 1 saturated carbocycles. The van der Waals surface area contributed by atoms with Gasteiger partial charge in [-0.1, -0.05) is 18.0 Å². The minimum Gasteiger partial charge on any atom is -0.384 e. The van der Waals surface area contributed by atoms with Crippen molar-refractivity contribution in [2.45, 2.75) is 32.1 Å². The first-order valence-corrected chi connectivity index (χ1v) is 6.03. The second-order valence-electron chi connectivity index (χ2n) is 4.18. The number of halogens is 1. The molecule has 0 aromatic heterocycles. The molecule has 0 amide bonds. The molecule has 1 fully saturated rings. The SMILES string of the molecule is COCC1CCCC(COCCl)CC1. The van der Waals surface area contributed by atoms with Crippen LogP contribution in [0, 0.1) is 11.8 Å². The van der Waals surface area contributed by atoms with Crippen molar-refractivity contribution in [1.29, 1.82) is 0 Å². The van der Waals surface area contributed by atoms with Gasteiger partial charge in [-0.25, -0.2) is 0 Å². The van der Waals surface area contributed by atoms with Gasteiger partial charge in [-0.05, 0) is 37.5 Å².